The van der Waals surface area contributed by atoms with Crippen molar-refractivity contribution in [2.75, 3.05) is 0 Å². The first-order valence-electron chi connectivity index (χ1n) is 6.20. The van der Waals surface area contributed by atoms with E-state index in [0.717, 1.165) is 10.8 Å². The van der Waals surface area contributed by atoms with E-state index in [1.807, 2.05) is 48.5 Å². The number of carbonyl (C=O) groups excluding carboxylic acids is 1. The van der Waals surface area contributed by atoms with Crippen molar-refractivity contribution in [3.05, 3.63) is 58.6 Å². The molecule has 3 heteroatoms. The van der Waals surface area contributed by atoms with E-state index in [9.17, 15) is 4.79 Å². The molecule has 0 atom stereocenters. The Hall–Kier alpha value is -2.42. The molecule has 1 aromatic heterocycles. The molecule has 0 amide bonds. The van der Waals surface area contributed by atoms with Crippen molar-refractivity contribution < 1.29 is 9.53 Å². The Morgan fingerprint density at radius 3 is 2.79 bits per heavy atom. The summed E-state index contributed by atoms with van der Waals surface area (Å²) in [6.45, 7) is 0.476. The van der Waals surface area contributed by atoms with Crippen molar-refractivity contribution in [3.8, 4) is 5.88 Å². The number of aromatic nitrogens is 1. The second-order valence-corrected chi connectivity index (χ2v) is 4.42. The van der Waals surface area contributed by atoms with Gasteiger partial charge in [0.1, 0.15) is 6.61 Å². The van der Waals surface area contributed by atoms with E-state index in [-0.39, 0.29) is 5.78 Å². The molecule has 0 fully saturated rings. The number of benzene rings is 1. The fourth-order valence-corrected chi connectivity index (χ4v) is 1.99. The molecule has 0 aliphatic heterocycles. The molecule has 0 saturated heterocycles. The fraction of sp³-hybridized carbons (Fsp3) is 0.125. The number of Topliss-reactive ketones (excluding diaryl/α,β-unsaturated/α-hetero) is 1. The van der Waals surface area contributed by atoms with Gasteiger partial charge in [0, 0.05) is 18.6 Å². The third-order valence-corrected chi connectivity index (χ3v) is 2.98. The summed E-state index contributed by atoms with van der Waals surface area (Å²) in [6, 6.07) is 13.7. The van der Waals surface area contributed by atoms with Crippen LogP contribution in [-0.4, -0.2) is 10.8 Å². The highest BCUT2D eigenvalue weighted by atomic mass is 16.5. The molecule has 3 rings (SSSR count). The monoisotopic (exact) mass is 251 g/mol. The van der Waals surface area contributed by atoms with E-state index in [1.54, 1.807) is 6.08 Å². The minimum Gasteiger partial charge on any atom is -0.473 e. The van der Waals surface area contributed by atoms with Gasteiger partial charge in [-0.05, 0) is 16.8 Å². The number of ketones is 1. The maximum atomic E-state index is 11.3. The summed E-state index contributed by atoms with van der Waals surface area (Å²) in [4.78, 5) is 15.7. The standard InChI is InChI=1S/C16H13NO2/c18-14-8-6-13-7-9-16(17-15(13)10-14)19-11-12-4-2-1-3-5-12/h1-7,9-10H,8,11H2. The zero-order chi connectivity index (χ0) is 13.1. The molecule has 0 unspecified atom stereocenters. The van der Waals surface area contributed by atoms with Gasteiger partial charge in [0.05, 0.1) is 5.35 Å². The summed E-state index contributed by atoms with van der Waals surface area (Å²) in [7, 11) is 0. The highest BCUT2D eigenvalue weighted by Gasteiger charge is 2.04. The van der Waals surface area contributed by atoms with Crippen LogP contribution in [0.3, 0.4) is 0 Å². The third kappa shape index (κ3) is 2.71. The summed E-state index contributed by atoms with van der Waals surface area (Å²) >= 11 is 0. The first-order valence-corrected chi connectivity index (χ1v) is 6.20. The van der Waals surface area contributed by atoms with E-state index in [2.05, 4.69) is 4.98 Å². The van der Waals surface area contributed by atoms with Crippen LogP contribution in [0.25, 0.3) is 12.2 Å². The molecule has 3 nitrogen and oxygen atoms in total. The Morgan fingerprint density at radius 1 is 1.11 bits per heavy atom. The first-order chi connectivity index (χ1) is 9.31. The third-order valence-electron chi connectivity index (χ3n) is 2.98. The van der Waals surface area contributed by atoms with Crippen molar-refractivity contribution in [1.82, 2.24) is 4.98 Å². The Labute approximate surface area is 110 Å². The Bertz CT molecular complexity index is 720. The van der Waals surface area contributed by atoms with Gasteiger partial charge in [-0.25, -0.2) is 4.98 Å². The van der Waals surface area contributed by atoms with Gasteiger partial charge in [0.25, 0.3) is 0 Å². The first kappa shape index (κ1) is 11.7. The molecule has 0 saturated carbocycles. The van der Waals surface area contributed by atoms with Gasteiger partial charge >= 0.3 is 0 Å². The lowest BCUT2D eigenvalue weighted by atomic mass is 10.1. The van der Waals surface area contributed by atoms with E-state index in [1.165, 1.54) is 0 Å². The topological polar surface area (TPSA) is 39.2 Å². The summed E-state index contributed by atoms with van der Waals surface area (Å²) < 4.78 is 5.64. The zero-order valence-electron chi connectivity index (χ0n) is 10.4. The average Bonchev–Trinajstić information content (AvgIpc) is 2.46. The SMILES string of the molecule is O=C1C=c2nc(OCc3ccccc3)ccc2=CC1. The smallest absolute Gasteiger partial charge is 0.214 e. The highest BCUT2D eigenvalue weighted by molar-refractivity contribution is 6.08. The van der Waals surface area contributed by atoms with Gasteiger partial charge in [-0.15, -0.1) is 0 Å². The number of hydrogen-bond acceptors (Lipinski definition) is 3. The van der Waals surface area contributed by atoms with Gasteiger partial charge in [-0.2, -0.15) is 0 Å². The molecular weight excluding hydrogens is 238 g/mol. The molecule has 1 aromatic carbocycles. The summed E-state index contributed by atoms with van der Waals surface area (Å²) in [5.74, 6) is 0.627. The van der Waals surface area contributed by atoms with Crippen molar-refractivity contribution in [2.45, 2.75) is 13.0 Å². The maximum absolute atomic E-state index is 11.3. The van der Waals surface area contributed by atoms with E-state index < -0.39 is 0 Å². The molecule has 0 bridgehead atoms. The average molecular weight is 251 g/mol. The van der Waals surface area contributed by atoms with Gasteiger partial charge in [0.2, 0.25) is 5.88 Å². The largest absolute Gasteiger partial charge is 0.473 e. The van der Waals surface area contributed by atoms with Crippen LogP contribution in [0.5, 0.6) is 5.88 Å². The molecule has 2 aromatic rings. The fourth-order valence-electron chi connectivity index (χ4n) is 1.99. The van der Waals surface area contributed by atoms with Gasteiger partial charge in [-0.1, -0.05) is 36.4 Å². The zero-order valence-corrected chi connectivity index (χ0v) is 10.4. The number of nitrogens with zero attached hydrogens (tertiary/aromatic N) is 1. The van der Waals surface area contributed by atoms with Gasteiger partial charge < -0.3 is 4.74 Å². The van der Waals surface area contributed by atoms with Crippen molar-refractivity contribution >= 4 is 17.9 Å². The van der Waals surface area contributed by atoms with Crippen LogP contribution in [0.15, 0.2) is 42.5 Å². The lowest BCUT2D eigenvalue weighted by Gasteiger charge is -2.06. The van der Waals surface area contributed by atoms with Gasteiger partial charge in [-0.3, -0.25) is 4.79 Å². The lowest BCUT2D eigenvalue weighted by molar-refractivity contribution is -0.112. The number of ether oxygens (including phenoxy) is 1. The predicted molar refractivity (Wildman–Crippen MR) is 72.8 cm³/mol. The summed E-state index contributed by atoms with van der Waals surface area (Å²) in [6.07, 6.45) is 3.93. The van der Waals surface area contributed by atoms with E-state index in [0.29, 0.717) is 24.3 Å². The van der Waals surface area contributed by atoms with Crippen LogP contribution < -0.4 is 15.3 Å². The molecule has 94 valence electrons. The minimum atomic E-state index is 0.0835. The van der Waals surface area contributed by atoms with Crippen LogP contribution in [0, 0.1) is 0 Å². The van der Waals surface area contributed by atoms with Crippen LogP contribution in [0.4, 0.5) is 0 Å². The summed E-state index contributed by atoms with van der Waals surface area (Å²) in [5, 5.41) is 1.69. The predicted octanol–water partition coefficient (Wildman–Crippen LogP) is 1.19. The Kier molecular flexibility index (Phi) is 3.11. The Morgan fingerprint density at radius 2 is 1.95 bits per heavy atom. The molecule has 0 N–H and O–H groups in total. The molecule has 0 spiro atoms. The van der Waals surface area contributed by atoms with Crippen LogP contribution in [0.1, 0.15) is 12.0 Å². The second kappa shape index (κ2) is 5.06. The quantitative estimate of drug-likeness (QED) is 0.822. The second-order valence-electron chi connectivity index (χ2n) is 4.42. The molecule has 1 aliphatic carbocycles. The molecule has 1 heterocycles. The number of fused-ring (bicyclic) bond motifs is 1. The number of rotatable bonds is 3. The van der Waals surface area contributed by atoms with Crippen molar-refractivity contribution in [2.24, 2.45) is 0 Å². The lowest BCUT2D eigenvalue weighted by Crippen LogP contribution is -2.32. The molecule has 1 aliphatic rings. The van der Waals surface area contributed by atoms with Crippen LogP contribution >= 0.6 is 0 Å². The summed E-state index contributed by atoms with van der Waals surface area (Å²) in [5.41, 5.74) is 1.09. The molecule has 19 heavy (non-hydrogen) atoms. The maximum Gasteiger partial charge on any atom is 0.214 e. The van der Waals surface area contributed by atoms with Gasteiger partial charge in [0.15, 0.2) is 5.78 Å². The highest BCUT2D eigenvalue weighted by Crippen LogP contribution is 2.06. The van der Waals surface area contributed by atoms with Crippen LogP contribution in [-0.2, 0) is 11.4 Å². The number of carbonyl (C=O) groups is 1. The van der Waals surface area contributed by atoms with Crippen molar-refractivity contribution in [1.29, 1.82) is 0 Å². The number of hydrogen-bond donors (Lipinski definition) is 0. The minimum absolute atomic E-state index is 0.0835. The normalized spacial score (nSPS) is 13.2. The van der Waals surface area contributed by atoms with E-state index in [4.69, 9.17) is 4.74 Å². The molecule has 0 radical (unpaired) electrons. The van der Waals surface area contributed by atoms with Crippen LogP contribution in [0.2, 0.25) is 0 Å². The number of pyridine rings is 1. The van der Waals surface area contributed by atoms with Crippen molar-refractivity contribution in [3.63, 3.8) is 0 Å². The Balaban J connectivity index is 1.82. The van der Waals surface area contributed by atoms with E-state index >= 15 is 0 Å². The molecular formula is C16H13NO2.